The number of benzene rings is 2. The Morgan fingerprint density at radius 1 is 1.18 bits per heavy atom. The van der Waals surface area contributed by atoms with Crippen molar-refractivity contribution in [1.29, 1.82) is 0 Å². The predicted molar refractivity (Wildman–Crippen MR) is 114 cm³/mol. The summed E-state index contributed by atoms with van der Waals surface area (Å²) in [7, 11) is 0. The van der Waals surface area contributed by atoms with Crippen molar-refractivity contribution in [3.63, 3.8) is 0 Å². The summed E-state index contributed by atoms with van der Waals surface area (Å²) in [6, 6.07) is 12.2. The van der Waals surface area contributed by atoms with Crippen LogP contribution in [-0.2, 0) is 11.3 Å². The van der Waals surface area contributed by atoms with Crippen LogP contribution in [-0.4, -0.2) is 29.4 Å². The molecule has 7 heteroatoms. The first kappa shape index (κ1) is 19.1. The van der Waals surface area contributed by atoms with Crippen LogP contribution in [0.25, 0.3) is 10.2 Å². The highest BCUT2D eigenvalue weighted by atomic mass is 32.2. The Bertz CT molecular complexity index is 1070. The number of aromatic nitrogens is 1. The zero-order valence-corrected chi connectivity index (χ0v) is 17.6. The number of amides is 1. The van der Waals surface area contributed by atoms with Crippen molar-refractivity contribution < 1.29 is 14.3 Å². The van der Waals surface area contributed by atoms with Gasteiger partial charge in [-0.05, 0) is 25.5 Å². The molecular formula is C21H22N2O3S2. The second-order valence-corrected chi connectivity index (χ2v) is 8.66. The SMILES string of the molecule is CCCn1c(=NC(=O)CSc2ccc(C)cc2)sc2cc3c(cc21)OCCO3. The summed E-state index contributed by atoms with van der Waals surface area (Å²) in [6.45, 7) is 6.09. The second-order valence-electron chi connectivity index (χ2n) is 6.61. The van der Waals surface area contributed by atoms with Crippen LogP contribution in [0, 0.1) is 6.92 Å². The molecule has 1 aliphatic rings. The van der Waals surface area contributed by atoms with E-state index in [0.29, 0.717) is 19.0 Å². The monoisotopic (exact) mass is 414 g/mol. The number of ether oxygens (including phenoxy) is 2. The smallest absolute Gasteiger partial charge is 0.258 e. The first-order chi connectivity index (χ1) is 13.6. The van der Waals surface area contributed by atoms with Crippen LogP contribution < -0.4 is 14.3 Å². The fraction of sp³-hybridized carbons (Fsp3) is 0.333. The van der Waals surface area contributed by atoms with Crippen LogP contribution in [0.2, 0.25) is 0 Å². The summed E-state index contributed by atoms with van der Waals surface area (Å²) in [5.41, 5.74) is 2.25. The van der Waals surface area contributed by atoms with Crippen LogP contribution in [0.4, 0.5) is 0 Å². The quantitative estimate of drug-likeness (QED) is 0.580. The maximum absolute atomic E-state index is 12.5. The van der Waals surface area contributed by atoms with Crippen LogP contribution in [0.1, 0.15) is 18.9 Å². The molecule has 0 saturated carbocycles. The van der Waals surface area contributed by atoms with Gasteiger partial charge in [0.2, 0.25) is 0 Å². The standard InChI is InChI=1S/C21H22N2O3S2/c1-3-8-23-16-11-17-18(26-10-9-25-17)12-19(16)28-21(23)22-20(24)13-27-15-6-4-14(2)5-7-15/h4-7,11-12H,3,8-10,13H2,1-2H3. The van der Waals surface area contributed by atoms with Crippen molar-refractivity contribution in [2.75, 3.05) is 19.0 Å². The zero-order chi connectivity index (χ0) is 19.5. The summed E-state index contributed by atoms with van der Waals surface area (Å²) in [5, 5.41) is 0. The Hall–Kier alpha value is -2.25. The van der Waals surface area contributed by atoms with Crippen molar-refractivity contribution in [2.24, 2.45) is 4.99 Å². The van der Waals surface area contributed by atoms with Crippen LogP contribution >= 0.6 is 23.1 Å². The highest BCUT2D eigenvalue weighted by Crippen LogP contribution is 2.35. The highest BCUT2D eigenvalue weighted by Gasteiger charge is 2.16. The second kappa shape index (κ2) is 8.41. The number of nitrogens with zero attached hydrogens (tertiary/aromatic N) is 2. The predicted octanol–water partition coefficient (Wildman–Crippen LogP) is 4.41. The molecule has 0 atom stereocenters. The molecule has 1 amide bonds. The van der Waals surface area contributed by atoms with E-state index >= 15 is 0 Å². The minimum absolute atomic E-state index is 0.126. The van der Waals surface area contributed by atoms with Crippen molar-refractivity contribution in [2.45, 2.75) is 31.7 Å². The summed E-state index contributed by atoms with van der Waals surface area (Å²) < 4.78 is 14.6. The molecule has 1 aliphatic heterocycles. The molecule has 28 heavy (non-hydrogen) atoms. The van der Waals surface area contributed by atoms with Gasteiger partial charge in [0.1, 0.15) is 13.2 Å². The number of rotatable bonds is 5. The van der Waals surface area contributed by atoms with Crippen LogP contribution in [0.5, 0.6) is 11.5 Å². The maximum Gasteiger partial charge on any atom is 0.258 e. The fourth-order valence-corrected chi connectivity index (χ4v) is 4.82. The Kier molecular flexibility index (Phi) is 5.73. The van der Waals surface area contributed by atoms with Crippen LogP contribution in [0.15, 0.2) is 46.3 Å². The molecular weight excluding hydrogens is 392 g/mol. The summed E-state index contributed by atoms with van der Waals surface area (Å²) >= 11 is 3.03. The van der Waals surface area contributed by atoms with Gasteiger partial charge in [0.05, 0.1) is 16.0 Å². The lowest BCUT2D eigenvalue weighted by molar-refractivity contribution is -0.115. The minimum atomic E-state index is -0.126. The molecule has 0 radical (unpaired) electrons. The Labute approximate surface area is 172 Å². The molecule has 1 aromatic heterocycles. The molecule has 2 heterocycles. The molecule has 0 unspecified atom stereocenters. The third-order valence-corrected chi connectivity index (χ3v) is 6.44. The highest BCUT2D eigenvalue weighted by molar-refractivity contribution is 8.00. The van der Waals surface area contributed by atoms with Crippen molar-refractivity contribution in [3.8, 4) is 11.5 Å². The van der Waals surface area contributed by atoms with Gasteiger partial charge in [-0.2, -0.15) is 4.99 Å². The number of fused-ring (bicyclic) bond motifs is 2. The topological polar surface area (TPSA) is 52.8 Å². The van der Waals surface area contributed by atoms with Gasteiger partial charge >= 0.3 is 0 Å². The van der Waals surface area contributed by atoms with Crippen molar-refractivity contribution in [1.82, 2.24) is 4.57 Å². The molecule has 146 valence electrons. The molecule has 3 aromatic rings. The lowest BCUT2D eigenvalue weighted by atomic mass is 10.2. The number of hydrogen-bond acceptors (Lipinski definition) is 5. The Morgan fingerprint density at radius 3 is 2.61 bits per heavy atom. The van der Waals surface area contributed by atoms with Crippen molar-refractivity contribution >= 4 is 39.2 Å². The van der Waals surface area contributed by atoms with E-state index < -0.39 is 0 Å². The normalized spacial score (nSPS) is 13.9. The van der Waals surface area contributed by atoms with Crippen LogP contribution in [0.3, 0.4) is 0 Å². The average Bonchev–Trinajstić information content (AvgIpc) is 3.02. The molecule has 0 saturated heterocycles. The van der Waals surface area contributed by atoms with Crippen molar-refractivity contribution in [3.05, 3.63) is 46.8 Å². The Morgan fingerprint density at radius 2 is 1.89 bits per heavy atom. The fourth-order valence-electron chi connectivity index (χ4n) is 3.05. The molecule has 0 aliphatic carbocycles. The van der Waals surface area contributed by atoms with Gasteiger partial charge in [-0.1, -0.05) is 36.0 Å². The number of carbonyl (C=O) groups excluding carboxylic acids is 1. The summed E-state index contributed by atoms with van der Waals surface area (Å²) in [4.78, 5) is 18.7. The van der Waals surface area contributed by atoms with E-state index in [1.807, 2.05) is 24.3 Å². The largest absolute Gasteiger partial charge is 0.486 e. The molecule has 0 bridgehead atoms. The molecule has 2 aromatic carbocycles. The van der Waals surface area contributed by atoms with E-state index in [1.54, 1.807) is 0 Å². The summed E-state index contributed by atoms with van der Waals surface area (Å²) in [6.07, 6.45) is 0.958. The molecule has 5 nitrogen and oxygen atoms in total. The molecule has 4 rings (SSSR count). The number of carbonyl (C=O) groups is 1. The van der Waals surface area contributed by atoms with E-state index in [9.17, 15) is 4.79 Å². The molecule has 0 spiro atoms. The van der Waals surface area contributed by atoms with Gasteiger partial charge in [-0.3, -0.25) is 4.79 Å². The van der Waals surface area contributed by atoms with Gasteiger partial charge in [0.15, 0.2) is 16.3 Å². The number of aryl methyl sites for hydroxylation is 2. The summed E-state index contributed by atoms with van der Waals surface area (Å²) in [5.74, 6) is 1.72. The lowest BCUT2D eigenvalue weighted by Gasteiger charge is -2.18. The van der Waals surface area contributed by atoms with Gasteiger partial charge in [0, 0.05) is 23.6 Å². The first-order valence-electron chi connectivity index (χ1n) is 9.34. The average molecular weight is 415 g/mol. The van der Waals surface area contributed by atoms with Gasteiger partial charge in [-0.15, -0.1) is 11.8 Å². The van der Waals surface area contributed by atoms with E-state index in [-0.39, 0.29) is 5.91 Å². The lowest BCUT2D eigenvalue weighted by Crippen LogP contribution is -2.18. The zero-order valence-electron chi connectivity index (χ0n) is 15.9. The van der Waals surface area contributed by atoms with E-state index in [0.717, 1.165) is 44.4 Å². The third kappa shape index (κ3) is 4.10. The van der Waals surface area contributed by atoms with Gasteiger partial charge < -0.3 is 14.0 Å². The van der Waals surface area contributed by atoms with E-state index in [1.165, 1.54) is 28.7 Å². The molecule has 0 fully saturated rings. The maximum atomic E-state index is 12.5. The van der Waals surface area contributed by atoms with Gasteiger partial charge in [0.25, 0.3) is 5.91 Å². The van der Waals surface area contributed by atoms with Gasteiger partial charge in [-0.25, -0.2) is 0 Å². The molecule has 0 N–H and O–H groups in total. The minimum Gasteiger partial charge on any atom is -0.486 e. The number of thioether (sulfide) groups is 1. The third-order valence-electron chi connectivity index (χ3n) is 4.40. The Balaban J connectivity index is 1.63. The van der Waals surface area contributed by atoms with E-state index in [2.05, 4.69) is 35.5 Å². The first-order valence-corrected chi connectivity index (χ1v) is 11.1. The number of thiazole rings is 1. The van der Waals surface area contributed by atoms with E-state index in [4.69, 9.17) is 9.47 Å². The number of hydrogen-bond donors (Lipinski definition) is 0.